The lowest BCUT2D eigenvalue weighted by atomic mass is 10.1. The second-order valence-corrected chi connectivity index (χ2v) is 6.69. The van der Waals surface area contributed by atoms with Crippen LogP contribution in [-0.2, 0) is 0 Å². The van der Waals surface area contributed by atoms with Gasteiger partial charge in [-0.1, -0.05) is 6.92 Å². The Labute approximate surface area is 166 Å². The van der Waals surface area contributed by atoms with Crippen molar-refractivity contribution in [3.63, 3.8) is 0 Å². The molecule has 0 fully saturated rings. The van der Waals surface area contributed by atoms with E-state index in [0.29, 0.717) is 29.1 Å². The first kappa shape index (κ1) is 21.5. The Morgan fingerprint density at radius 3 is 2.36 bits per heavy atom. The summed E-state index contributed by atoms with van der Waals surface area (Å²) >= 11 is 0. The normalized spacial score (nSPS) is 11.7. The van der Waals surface area contributed by atoms with Crippen LogP contribution in [0.2, 0.25) is 0 Å². The van der Waals surface area contributed by atoms with Crippen LogP contribution in [0.25, 0.3) is 0 Å². The zero-order valence-electron chi connectivity index (χ0n) is 17.3. The third-order valence-corrected chi connectivity index (χ3v) is 4.51. The fourth-order valence-corrected chi connectivity index (χ4v) is 2.96. The van der Waals surface area contributed by atoms with Gasteiger partial charge in [-0.05, 0) is 56.5 Å². The number of amides is 1. The van der Waals surface area contributed by atoms with Gasteiger partial charge in [-0.25, -0.2) is 4.98 Å². The van der Waals surface area contributed by atoms with E-state index in [4.69, 9.17) is 9.47 Å². The lowest BCUT2D eigenvalue weighted by molar-refractivity contribution is 0.0960. The molecule has 2 aromatic rings. The summed E-state index contributed by atoms with van der Waals surface area (Å²) in [6, 6.07) is 5.34. The third kappa shape index (κ3) is 4.72. The second-order valence-electron chi connectivity index (χ2n) is 6.69. The van der Waals surface area contributed by atoms with E-state index in [1.54, 1.807) is 20.2 Å². The smallest absolute Gasteiger partial charge is 0.258 e. The second kappa shape index (κ2) is 9.41. The largest absolute Gasteiger partial charge is 0.497 e. The SMILES string of the molecule is CCC(CO)Nc1cc(C)nc(Oc2c(C)cc(OC)cc2C)c1C(=O)NC. The van der Waals surface area contributed by atoms with E-state index >= 15 is 0 Å². The van der Waals surface area contributed by atoms with Gasteiger partial charge in [0.05, 0.1) is 19.4 Å². The number of hydrogen-bond donors (Lipinski definition) is 3. The molecule has 2 rings (SSSR count). The van der Waals surface area contributed by atoms with Crippen molar-refractivity contribution in [3.8, 4) is 17.4 Å². The molecule has 0 radical (unpaired) electrons. The summed E-state index contributed by atoms with van der Waals surface area (Å²) in [4.78, 5) is 17.1. The standard InChI is InChI=1S/C21H29N3O4/c1-7-15(11-25)24-17-10-14(4)23-21(18(17)20(26)22-5)28-19-12(2)8-16(27-6)9-13(19)3/h8-10,15,25H,7,11H2,1-6H3,(H,22,26)(H,23,24). The Morgan fingerprint density at radius 2 is 1.86 bits per heavy atom. The van der Waals surface area contributed by atoms with Gasteiger partial charge >= 0.3 is 0 Å². The van der Waals surface area contributed by atoms with Crippen LogP contribution in [0.15, 0.2) is 18.2 Å². The molecule has 0 saturated heterocycles. The molecule has 3 N–H and O–H groups in total. The number of carbonyl (C=O) groups is 1. The summed E-state index contributed by atoms with van der Waals surface area (Å²) in [5.41, 5.74) is 3.32. The van der Waals surface area contributed by atoms with E-state index in [0.717, 1.165) is 16.9 Å². The summed E-state index contributed by atoms with van der Waals surface area (Å²) < 4.78 is 11.4. The number of ether oxygens (including phenoxy) is 2. The molecule has 1 aromatic heterocycles. The van der Waals surface area contributed by atoms with Gasteiger partial charge in [0.2, 0.25) is 5.88 Å². The van der Waals surface area contributed by atoms with Crippen LogP contribution in [-0.4, -0.2) is 42.8 Å². The Balaban J connectivity index is 2.57. The van der Waals surface area contributed by atoms with Crippen LogP contribution in [0.5, 0.6) is 17.4 Å². The molecule has 7 nitrogen and oxygen atoms in total. The highest BCUT2D eigenvalue weighted by Crippen LogP contribution is 2.35. The van der Waals surface area contributed by atoms with Crippen LogP contribution in [0.4, 0.5) is 5.69 Å². The summed E-state index contributed by atoms with van der Waals surface area (Å²) in [5, 5.41) is 15.4. The predicted octanol–water partition coefficient (Wildman–Crippen LogP) is 3.35. The van der Waals surface area contributed by atoms with Gasteiger partial charge in [0.15, 0.2) is 0 Å². The van der Waals surface area contributed by atoms with Crippen LogP contribution in [0.1, 0.15) is 40.5 Å². The quantitative estimate of drug-likeness (QED) is 0.643. The maximum absolute atomic E-state index is 12.6. The Bertz CT molecular complexity index is 825. The maximum Gasteiger partial charge on any atom is 0.258 e. The van der Waals surface area contributed by atoms with Crippen molar-refractivity contribution < 1.29 is 19.4 Å². The van der Waals surface area contributed by atoms with Gasteiger partial charge in [-0.2, -0.15) is 0 Å². The average Bonchev–Trinajstić information content (AvgIpc) is 2.67. The summed E-state index contributed by atoms with van der Waals surface area (Å²) in [7, 11) is 3.17. The molecule has 1 heterocycles. The first-order valence-electron chi connectivity index (χ1n) is 9.28. The van der Waals surface area contributed by atoms with Gasteiger partial charge < -0.3 is 25.2 Å². The number of nitrogens with zero attached hydrogens (tertiary/aromatic N) is 1. The van der Waals surface area contributed by atoms with Crippen LogP contribution >= 0.6 is 0 Å². The third-order valence-electron chi connectivity index (χ3n) is 4.51. The predicted molar refractivity (Wildman–Crippen MR) is 110 cm³/mol. The van der Waals surface area contributed by atoms with Gasteiger partial charge in [-0.15, -0.1) is 0 Å². The van der Waals surface area contributed by atoms with Crippen molar-refractivity contribution in [2.75, 3.05) is 26.1 Å². The first-order chi connectivity index (χ1) is 13.3. The number of anilines is 1. The number of hydrogen-bond acceptors (Lipinski definition) is 6. The van der Waals surface area contributed by atoms with E-state index < -0.39 is 0 Å². The number of aryl methyl sites for hydroxylation is 3. The number of rotatable bonds is 8. The highest BCUT2D eigenvalue weighted by Gasteiger charge is 2.22. The zero-order chi connectivity index (χ0) is 20.8. The van der Waals surface area contributed by atoms with Crippen molar-refractivity contribution in [1.29, 1.82) is 0 Å². The highest BCUT2D eigenvalue weighted by molar-refractivity contribution is 6.01. The molecule has 1 unspecified atom stereocenters. The molecule has 0 bridgehead atoms. The molecule has 28 heavy (non-hydrogen) atoms. The molecule has 0 saturated carbocycles. The Hall–Kier alpha value is -2.80. The first-order valence-corrected chi connectivity index (χ1v) is 9.28. The fourth-order valence-electron chi connectivity index (χ4n) is 2.96. The highest BCUT2D eigenvalue weighted by atomic mass is 16.5. The van der Waals surface area contributed by atoms with Crippen LogP contribution in [0, 0.1) is 20.8 Å². The number of nitrogens with one attached hydrogen (secondary N) is 2. The Morgan fingerprint density at radius 1 is 1.21 bits per heavy atom. The molecule has 0 aliphatic rings. The van der Waals surface area contributed by atoms with E-state index in [-0.39, 0.29) is 24.4 Å². The fraction of sp³-hybridized carbons (Fsp3) is 0.429. The monoisotopic (exact) mass is 387 g/mol. The molecule has 0 aliphatic heterocycles. The molecular formula is C21H29N3O4. The van der Waals surface area contributed by atoms with E-state index in [2.05, 4.69) is 15.6 Å². The summed E-state index contributed by atoms with van der Waals surface area (Å²) in [5.74, 6) is 1.26. The van der Waals surface area contributed by atoms with Gasteiger partial charge in [0, 0.05) is 18.8 Å². The number of carbonyl (C=O) groups excluding carboxylic acids is 1. The molecule has 1 atom stereocenters. The minimum absolute atomic E-state index is 0.0437. The molecule has 1 aromatic carbocycles. The maximum atomic E-state index is 12.6. The lowest BCUT2D eigenvalue weighted by Gasteiger charge is -2.21. The van der Waals surface area contributed by atoms with Gasteiger partial charge in [0.25, 0.3) is 5.91 Å². The molecule has 7 heteroatoms. The average molecular weight is 387 g/mol. The van der Waals surface area contributed by atoms with E-state index in [9.17, 15) is 9.90 Å². The minimum Gasteiger partial charge on any atom is -0.497 e. The van der Waals surface area contributed by atoms with Crippen molar-refractivity contribution in [3.05, 3.63) is 40.6 Å². The van der Waals surface area contributed by atoms with Crippen molar-refractivity contribution in [2.24, 2.45) is 0 Å². The van der Waals surface area contributed by atoms with E-state index in [1.807, 2.05) is 39.8 Å². The summed E-state index contributed by atoms with van der Waals surface area (Å²) in [6.07, 6.45) is 0.706. The van der Waals surface area contributed by atoms with Crippen LogP contribution in [0.3, 0.4) is 0 Å². The molecule has 0 spiro atoms. The van der Waals surface area contributed by atoms with Crippen molar-refractivity contribution >= 4 is 11.6 Å². The zero-order valence-corrected chi connectivity index (χ0v) is 17.3. The molecule has 1 amide bonds. The summed E-state index contributed by atoms with van der Waals surface area (Å²) in [6.45, 7) is 7.58. The van der Waals surface area contributed by atoms with Crippen molar-refractivity contribution in [1.82, 2.24) is 10.3 Å². The number of benzene rings is 1. The number of aliphatic hydroxyl groups excluding tert-OH is 1. The molecule has 152 valence electrons. The molecule has 0 aliphatic carbocycles. The van der Waals surface area contributed by atoms with Gasteiger partial charge in [0.1, 0.15) is 17.1 Å². The lowest BCUT2D eigenvalue weighted by Crippen LogP contribution is -2.27. The number of pyridine rings is 1. The number of methoxy groups -OCH3 is 1. The van der Waals surface area contributed by atoms with Crippen LogP contribution < -0.4 is 20.1 Å². The Kier molecular flexibility index (Phi) is 7.23. The van der Waals surface area contributed by atoms with E-state index in [1.165, 1.54) is 0 Å². The minimum atomic E-state index is -0.318. The molecular weight excluding hydrogens is 358 g/mol. The van der Waals surface area contributed by atoms with Crippen molar-refractivity contribution in [2.45, 2.75) is 40.2 Å². The number of aliphatic hydroxyl groups is 1. The topological polar surface area (TPSA) is 92.7 Å². The number of aromatic nitrogens is 1. The van der Waals surface area contributed by atoms with Gasteiger partial charge in [-0.3, -0.25) is 4.79 Å².